The SMILES string of the molecule is COc1ccccc1CN(CCC(=O)N1CCNCC1)S(=O)(=O)c1ccc(C)cc1C.O=C(O)C(F)(F)F. The molecule has 0 spiro atoms. The summed E-state index contributed by atoms with van der Waals surface area (Å²) in [4.78, 5) is 23.7. The van der Waals surface area contributed by atoms with Crippen molar-refractivity contribution >= 4 is 21.9 Å². The van der Waals surface area contributed by atoms with Gasteiger partial charge in [-0.3, -0.25) is 4.79 Å². The lowest BCUT2D eigenvalue weighted by molar-refractivity contribution is -0.192. The third kappa shape index (κ3) is 8.71. The lowest BCUT2D eigenvalue weighted by Crippen LogP contribution is -2.47. The van der Waals surface area contributed by atoms with Gasteiger partial charge in [-0.2, -0.15) is 17.5 Å². The third-order valence-corrected chi connectivity index (χ3v) is 7.78. The summed E-state index contributed by atoms with van der Waals surface area (Å²) in [5.41, 5.74) is 2.45. The van der Waals surface area contributed by atoms with Gasteiger partial charge in [0.05, 0.1) is 12.0 Å². The first-order valence-electron chi connectivity index (χ1n) is 11.7. The first-order chi connectivity index (χ1) is 17.8. The number of para-hydroxylation sites is 1. The number of benzene rings is 2. The maximum absolute atomic E-state index is 13.6. The maximum Gasteiger partial charge on any atom is 0.490 e. The molecule has 38 heavy (non-hydrogen) atoms. The van der Waals surface area contributed by atoms with Crippen LogP contribution in [0.5, 0.6) is 5.75 Å². The third-order valence-electron chi connectivity index (χ3n) is 5.77. The fourth-order valence-electron chi connectivity index (χ4n) is 3.83. The number of hydrogen-bond donors (Lipinski definition) is 2. The van der Waals surface area contributed by atoms with Gasteiger partial charge in [-0.05, 0) is 31.5 Å². The van der Waals surface area contributed by atoms with E-state index in [1.54, 1.807) is 31.1 Å². The van der Waals surface area contributed by atoms with Gasteiger partial charge >= 0.3 is 12.1 Å². The van der Waals surface area contributed by atoms with E-state index in [4.69, 9.17) is 14.6 Å². The van der Waals surface area contributed by atoms with E-state index in [1.807, 2.05) is 37.3 Å². The minimum Gasteiger partial charge on any atom is -0.496 e. The Morgan fingerprint density at radius 1 is 1.11 bits per heavy atom. The van der Waals surface area contributed by atoms with Crippen molar-refractivity contribution in [3.63, 3.8) is 0 Å². The molecular formula is C25H32F3N3O6S. The largest absolute Gasteiger partial charge is 0.496 e. The number of halogens is 3. The number of nitrogens with zero attached hydrogens (tertiary/aromatic N) is 2. The summed E-state index contributed by atoms with van der Waals surface area (Å²) in [6.07, 6.45) is -4.95. The molecule has 0 bridgehead atoms. The van der Waals surface area contributed by atoms with Crippen molar-refractivity contribution in [2.24, 2.45) is 0 Å². The molecule has 1 fully saturated rings. The van der Waals surface area contributed by atoms with E-state index in [0.717, 1.165) is 24.2 Å². The molecule has 1 aliphatic rings. The van der Waals surface area contributed by atoms with Gasteiger partial charge in [0.1, 0.15) is 5.75 Å². The van der Waals surface area contributed by atoms with Crippen molar-refractivity contribution in [2.75, 3.05) is 39.8 Å². The minimum absolute atomic E-state index is 0.0256. The molecule has 9 nitrogen and oxygen atoms in total. The Balaban J connectivity index is 0.000000638. The number of carbonyl (C=O) groups excluding carboxylic acids is 1. The number of piperazine rings is 1. The van der Waals surface area contributed by atoms with Crippen LogP contribution in [0.4, 0.5) is 13.2 Å². The van der Waals surface area contributed by atoms with Gasteiger partial charge in [0.2, 0.25) is 15.9 Å². The lowest BCUT2D eigenvalue weighted by atomic mass is 10.2. The standard InChI is InChI=1S/C23H31N3O4S.C2HF3O2/c1-18-8-9-22(19(2)16-18)31(28,29)26(17-20-6-4-5-7-21(20)30-3)13-10-23(27)25-14-11-24-12-15-25;3-2(4,5)1(6)7/h4-9,16,24H,10-15,17H2,1-3H3;(H,6,7). The van der Waals surface area contributed by atoms with Crippen LogP contribution in [0.25, 0.3) is 0 Å². The highest BCUT2D eigenvalue weighted by molar-refractivity contribution is 7.89. The highest BCUT2D eigenvalue weighted by Crippen LogP contribution is 2.26. The Morgan fingerprint density at radius 3 is 2.26 bits per heavy atom. The summed E-state index contributed by atoms with van der Waals surface area (Å²) in [6, 6.07) is 12.7. The Kier molecular flexibility index (Phi) is 11.1. The van der Waals surface area contributed by atoms with Crippen LogP contribution < -0.4 is 10.1 Å². The van der Waals surface area contributed by atoms with Crippen LogP contribution in [-0.2, 0) is 26.2 Å². The van der Waals surface area contributed by atoms with Crippen LogP contribution in [-0.4, -0.2) is 80.6 Å². The minimum atomic E-state index is -5.08. The van der Waals surface area contributed by atoms with Gasteiger partial charge < -0.3 is 20.1 Å². The normalized spacial score (nSPS) is 14.0. The van der Waals surface area contributed by atoms with Crippen molar-refractivity contribution in [1.82, 2.24) is 14.5 Å². The topological polar surface area (TPSA) is 116 Å². The zero-order valence-corrected chi connectivity index (χ0v) is 22.2. The second kappa shape index (κ2) is 13.6. The molecule has 1 heterocycles. The van der Waals surface area contributed by atoms with Crippen LogP contribution in [0.1, 0.15) is 23.1 Å². The van der Waals surface area contributed by atoms with Gasteiger partial charge in [0.15, 0.2) is 0 Å². The molecule has 13 heteroatoms. The molecule has 0 aromatic heterocycles. The van der Waals surface area contributed by atoms with Crippen molar-refractivity contribution < 1.29 is 41.0 Å². The van der Waals surface area contributed by atoms with Gasteiger partial charge in [-0.15, -0.1) is 0 Å². The molecule has 1 saturated heterocycles. The molecule has 2 aromatic rings. The van der Waals surface area contributed by atoms with Crippen molar-refractivity contribution in [2.45, 2.75) is 37.9 Å². The van der Waals surface area contributed by atoms with Crippen molar-refractivity contribution in [3.8, 4) is 5.75 Å². The number of sulfonamides is 1. The molecule has 1 amide bonds. The number of ether oxygens (including phenoxy) is 1. The van der Waals surface area contributed by atoms with Gasteiger partial charge in [0, 0.05) is 51.3 Å². The highest BCUT2D eigenvalue weighted by Gasteiger charge is 2.38. The van der Waals surface area contributed by atoms with Gasteiger partial charge in [-0.25, -0.2) is 13.2 Å². The molecule has 0 unspecified atom stereocenters. The second-order valence-corrected chi connectivity index (χ2v) is 10.5. The van der Waals surface area contributed by atoms with E-state index in [9.17, 15) is 26.4 Å². The maximum atomic E-state index is 13.6. The first kappa shape index (κ1) is 31.1. The number of aryl methyl sites for hydroxylation is 2. The number of alkyl halides is 3. The number of carbonyl (C=O) groups is 2. The average molecular weight is 560 g/mol. The van der Waals surface area contributed by atoms with Crippen molar-refractivity contribution in [1.29, 1.82) is 0 Å². The Labute approximate surface area is 220 Å². The summed E-state index contributed by atoms with van der Waals surface area (Å²) in [5.74, 6) is -2.16. The molecule has 210 valence electrons. The summed E-state index contributed by atoms with van der Waals surface area (Å²) in [5, 5.41) is 10.3. The lowest BCUT2D eigenvalue weighted by Gasteiger charge is -2.29. The van der Waals surface area contributed by atoms with E-state index in [2.05, 4.69) is 5.32 Å². The zero-order valence-electron chi connectivity index (χ0n) is 21.4. The molecule has 2 aromatic carbocycles. The number of amides is 1. The summed E-state index contributed by atoms with van der Waals surface area (Å²) in [7, 11) is -2.24. The zero-order chi connectivity index (χ0) is 28.5. The first-order valence-corrected chi connectivity index (χ1v) is 13.2. The molecular weight excluding hydrogens is 527 g/mol. The van der Waals surface area contributed by atoms with E-state index < -0.39 is 22.2 Å². The Morgan fingerprint density at radius 2 is 1.71 bits per heavy atom. The number of hydrogen-bond acceptors (Lipinski definition) is 6. The monoisotopic (exact) mass is 559 g/mol. The molecule has 0 saturated carbocycles. The molecule has 3 rings (SSSR count). The van der Waals surface area contributed by atoms with Gasteiger partial charge in [0.25, 0.3) is 0 Å². The highest BCUT2D eigenvalue weighted by atomic mass is 32.2. The summed E-state index contributed by atoms with van der Waals surface area (Å²) < 4.78 is 65.8. The molecule has 0 aliphatic carbocycles. The second-order valence-electron chi connectivity index (χ2n) is 8.60. The van der Waals surface area contributed by atoms with E-state index in [-0.39, 0.29) is 30.3 Å². The molecule has 2 N–H and O–H groups in total. The van der Waals surface area contributed by atoms with Crippen LogP contribution in [0.15, 0.2) is 47.4 Å². The predicted octanol–water partition coefficient (Wildman–Crippen LogP) is 2.96. The summed E-state index contributed by atoms with van der Waals surface area (Å²) in [6.45, 7) is 6.79. The molecule has 1 aliphatic heterocycles. The van der Waals surface area contributed by atoms with Crippen LogP contribution in [0.2, 0.25) is 0 Å². The van der Waals surface area contributed by atoms with E-state index >= 15 is 0 Å². The number of carboxylic acid groups (broad SMARTS) is 1. The van der Waals surface area contributed by atoms with Crippen LogP contribution >= 0.6 is 0 Å². The number of rotatable bonds is 8. The summed E-state index contributed by atoms with van der Waals surface area (Å²) >= 11 is 0. The Hall–Kier alpha value is -3.16. The quantitative estimate of drug-likeness (QED) is 0.511. The predicted molar refractivity (Wildman–Crippen MR) is 134 cm³/mol. The van der Waals surface area contributed by atoms with E-state index in [1.165, 1.54) is 4.31 Å². The molecule has 0 radical (unpaired) electrons. The fourth-order valence-corrected chi connectivity index (χ4v) is 5.45. The number of carboxylic acids is 1. The van der Waals surface area contributed by atoms with Crippen molar-refractivity contribution in [3.05, 3.63) is 59.2 Å². The molecule has 0 atom stereocenters. The van der Waals surface area contributed by atoms with Gasteiger partial charge in [-0.1, -0.05) is 35.9 Å². The number of aliphatic carboxylic acids is 1. The number of methoxy groups -OCH3 is 1. The van der Waals surface area contributed by atoms with Crippen LogP contribution in [0.3, 0.4) is 0 Å². The number of nitrogens with one attached hydrogen (secondary N) is 1. The Bertz CT molecular complexity index is 1220. The van der Waals surface area contributed by atoms with Crippen LogP contribution in [0, 0.1) is 13.8 Å². The smallest absolute Gasteiger partial charge is 0.490 e. The van der Waals surface area contributed by atoms with E-state index in [0.29, 0.717) is 24.4 Å². The average Bonchev–Trinajstić information content (AvgIpc) is 2.86. The fraction of sp³-hybridized carbons (Fsp3) is 0.440.